The van der Waals surface area contributed by atoms with Crippen molar-refractivity contribution < 1.29 is 18.0 Å². The summed E-state index contributed by atoms with van der Waals surface area (Å²) < 4.78 is 28.3. The Balaban J connectivity index is 1.61. The number of thiophene rings is 1. The summed E-state index contributed by atoms with van der Waals surface area (Å²) in [6.07, 6.45) is 7.32. The molecule has 10 heteroatoms. The van der Waals surface area contributed by atoms with Gasteiger partial charge in [-0.05, 0) is 56.4 Å². The van der Waals surface area contributed by atoms with Gasteiger partial charge in [0.15, 0.2) is 6.17 Å². The Morgan fingerprint density at radius 1 is 1.00 bits per heavy atom. The summed E-state index contributed by atoms with van der Waals surface area (Å²) in [5.41, 5.74) is 6.00. The Morgan fingerprint density at radius 2 is 1.72 bits per heavy atom. The Hall–Kier alpha value is -1.49. The van der Waals surface area contributed by atoms with Crippen molar-refractivity contribution in [3.05, 3.63) is 17.5 Å². The lowest BCUT2D eigenvalue weighted by Crippen LogP contribution is -2.65. The zero-order valence-electron chi connectivity index (χ0n) is 18.4. The van der Waals surface area contributed by atoms with E-state index in [-0.39, 0.29) is 34.7 Å². The maximum absolute atomic E-state index is 13.5. The topological polar surface area (TPSA) is 113 Å². The van der Waals surface area contributed by atoms with Crippen LogP contribution in [0.4, 0.5) is 0 Å². The number of rotatable bonds is 5. The van der Waals surface area contributed by atoms with Crippen LogP contribution in [0.1, 0.15) is 64.2 Å². The van der Waals surface area contributed by atoms with Crippen molar-refractivity contribution in [1.82, 2.24) is 14.5 Å². The van der Waals surface area contributed by atoms with E-state index in [2.05, 4.69) is 5.32 Å². The lowest BCUT2D eigenvalue weighted by molar-refractivity contribution is -0.151. The Bertz CT molecular complexity index is 891. The molecule has 32 heavy (non-hydrogen) atoms. The molecule has 4 rings (SSSR count). The predicted molar refractivity (Wildman–Crippen MR) is 123 cm³/mol. The summed E-state index contributed by atoms with van der Waals surface area (Å²) in [5, 5.41) is 4.76. The van der Waals surface area contributed by atoms with Crippen LogP contribution in [0.15, 0.2) is 21.7 Å². The van der Waals surface area contributed by atoms with Crippen molar-refractivity contribution in [2.75, 3.05) is 13.1 Å². The van der Waals surface area contributed by atoms with Crippen molar-refractivity contribution in [3.63, 3.8) is 0 Å². The van der Waals surface area contributed by atoms with Crippen LogP contribution in [0.25, 0.3) is 0 Å². The van der Waals surface area contributed by atoms with Crippen molar-refractivity contribution in [1.29, 1.82) is 0 Å². The van der Waals surface area contributed by atoms with Crippen LogP contribution in [-0.4, -0.2) is 60.8 Å². The number of hydrogen-bond acceptors (Lipinski definition) is 6. The molecule has 0 aromatic carbocycles. The predicted octanol–water partition coefficient (Wildman–Crippen LogP) is 2.26. The van der Waals surface area contributed by atoms with Crippen LogP contribution in [-0.2, 0) is 19.6 Å². The van der Waals surface area contributed by atoms with E-state index in [1.807, 2.05) is 0 Å². The highest BCUT2D eigenvalue weighted by molar-refractivity contribution is 7.91. The molecule has 3 fully saturated rings. The number of nitrogens with two attached hydrogens (primary N) is 1. The molecule has 1 aliphatic heterocycles. The molecule has 178 valence electrons. The Morgan fingerprint density at radius 3 is 2.38 bits per heavy atom. The van der Waals surface area contributed by atoms with Crippen molar-refractivity contribution in [2.24, 2.45) is 11.7 Å². The highest BCUT2D eigenvalue weighted by atomic mass is 32.2. The largest absolute Gasteiger partial charge is 0.350 e. The van der Waals surface area contributed by atoms with Gasteiger partial charge in [-0.25, -0.2) is 8.42 Å². The molecular weight excluding hydrogens is 448 g/mol. The number of hydrogen-bond donors (Lipinski definition) is 2. The van der Waals surface area contributed by atoms with Gasteiger partial charge in [0.05, 0.1) is 0 Å². The van der Waals surface area contributed by atoms with Gasteiger partial charge in [-0.3, -0.25) is 9.59 Å². The quantitative estimate of drug-likeness (QED) is 0.668. The second-order valence-electron chi connectivity index (χ2n) is 9.26. The van der Waals surface area contributed by atoms with E-state index in [0.29, 0.717) is 13.0 Å². The normalized spacial score (nSPS) is 28.4. The number of nitrogens with one attached hydrogen (secondary N) is 1. The number of carbonyl (C=O) groups excluding carboxylic acids is 2. The van der Waals surface area contributed by atoms with Gasteiger partial charge in [0, 0.05) is 31.1 Å². The van der Waals surface area contributed by atoms with Gasteiger partial charge in [0.2, 0.25) is 5.91 Å². The van der Waals surface area contributed by atoms with Crippen molar-refractivity contribution >= 4 is 33.2 Å². The minimum atomic E-state index is -3.88. The summed E-state index contributed by atoms with van der Waals surface area (Å²) in [6.45, 7) is 0.627. The molecule has 8 nitrogen and oxygen atoms in total. The average Bonchev–Trinajstić information content (AvgIpc) is 3.36. The van der Waals surface area contributed by atoms with Crippen LogP contribution >= 0.6 is 11.3 Å². The first kappa shape index (κ1) is 23.7. The lowest BCUT2D eigenvalue weighted by atomic mass is 9.88. The van der Waals surface area contributed by atoms with Crippen molar-refractivity contribution in [2.45, 2.75) is 86.7 Å². The first-order valence-corrected chi connectivity index (χ1v) is 14.1. The summed E-state index contributed by atoms with van der Waals surface area (Å²) in [7, 11) is -3.88. The molecule has 0 bridgehead atoms. The third-order valence-electron chi connectivity index (χ3n) is 6.99. The molecule has 1 aromatic rings. The number of amides is 2. The van der Waals surface area contributed by atoms with Gasteiger partial charge in [-0.15, -0.1) is 11.3 Å². The van der Waals surface area contributed by atoms with Gasteiger partial charge in [-0.2, -0.15) is 4.31 Å². The smallest absolute Gasteiger partial charge is 0.259 e. The second-order valence-corrected chi connectivity index (χ2v) is 12.3. The van der Waals surface area contributed by atoms with E-state index in [1.165, 1.54) is 9.21 Å². The molecule has 0 spiro atoms. The van der Waals surface area contributed by atoms with E-state index >= 15 is 0 Å². The number of nitrogens with zero attached hydrogens (tertiary/aromatic N) is 2. The Kier molecular flexibility index (Phi) is 7.54. The first-order chi connectivity index (χ1) is 15.4. The summed E-state index contributed by atoms with van der Waals surface area (Å²) in [4.78, 5) is 28.5. The van der Waals surface area contributed by atoms with Gasteiger partial charge in [-0.1, -0.05) is 25.3 Å². The van der Waals surface area contributed by atoms with E-state index in [1.54, 1.807) is 17.5 Å². The fourth-order valence-corrected chi connectivity index (χ4v) is 7.91. The monoisotopic (exact) mass is 482 g/mol. The summed E-state index contributed by atoms with van der Waals surface area (Å²) in [5.74, 6) is -0.604. The van der Waals surface area contributed by atoms with Crippen LogP contribution in [0, 0.1) is 5.92 Å². The standard InChI is InChI=1S/C22H34N4O4S2/c23-17-9-11-18(12-10-17)24-20(27)21-25(22(28)16-6-2-1-3-7-16)13-5-14-26(21)32(29,30)19-8-4-15-31-19/h4,8,15-18,21H,1-3,5-7,9-14,23H2,(H,24,27). The van der Waals surface area contributed by atoms with Crippen LogP contribution in [0.5, 0.6) is 0 Å². The summed E-state index contributed by atoms with van der Waals surface area (Å²) >= 11 is 1.13. The zero-order chi connectivity index (χ0) is 22.7. The average molecular weight is 483 g/mol. The molecule has 1 atom stereocenters. The maximum atomic E-state index is 13.5. The fourth-order valence-electron chi connectivity index (χ4n) is 5.20. The highest BCUT2D eigenvalue weighted by Gasteiger charge is 2.46. The molecule has 1 saturated heterocycles. The Labute approximate surface area is 194 Å². The molecule has 3 aliphatic rings. The van der Waals surface area contributed by atoms with Crippen LogP contribution < -0.4 is 11.1 Å². The number of carbonyl (C=O) groups is 2. The van der Waals surface area contributed by atoms with Gasteiger partial charge >= 0.3 is 0 Å². The fraction of sp³-hybridized carbons (Fsp3) is 0.727. The van der Waals surface area contributed by atoms with Gasteiger partial charge < -0.3 is 16.0 Å². The van der Waals surface area contributed by atoms with Crippen molar-refractivity contribution in [3.8, 4) is 0 Å². The first-order valence-electron chi connectivity index (χ1n) is 11.8. The SMILES string of the molecule is NC1CCC(NC(=O)C2N(C(=O)C3CCCCC3)CCCN2S(=O)(=O)c2cccs2)CC1. The van der Waals surface area contributed by atoms with Gasteiger partial charge in [0.25, 0.3) is 15.9 Å². The number of sulfonamides is 1. The molecule has 2 amide bonds. The molecular formula is C22H34N4O4S2. The van der Waals surface area contributed by atoms with Crippen LogP contribution in [0.2, 0.25) is 0 Å². The highest BCUT2D eigenvalue weighted by Crippen LogP contribution is 2.31. The minimum absolute atomic E-state index is 0.0397. The molecule has 0 radical (unpaired) electrons. The molecule has 1 aromatic heterocycles. The van der Waals surface area contributed by atoms with Gasteiger partial charge in [0.1, 0.15) is 4.21 Å². The third-order valence-corrected chi connectivity index (χ3v) is 10.2. The lowest BCUT2D eigenvalue weighted by Gasteiger charge is -2.43. The van der Waals surface area contributed by atoms with E-state index in [4.69, 9.17) is 5.73 Å². The molecule has 2 heterocycles. The molecule has 2 saturated carbocycles. The summed E-state index contributed by atoms with van der Waals surface area (Å²) in [6, 6.07) is 3.35. The molecule has 2 aliphatic carbocycles. The second kappa shape index (κ2) is 10.2. The van der Waals surface area contributed by atoms with E-state index in [9.17, 15) is 18.0 Å². The molecule has 1 unspecified atom stereocenters. The molecule has 3 N–H and O–H groups in total. The minimum Gasteiger partial charge on any atom is -0.350 e. The zero-order valence-corrected chi connectivity index (χ0v) is 20.1. The van der Waals surface area contributed by atoms with Crippen LogP contribution in [0.3, 0.4) is 0 Å². The maximum Gasteiger partial charge on any atom is 0.259 e. The van der Waals surface area contributed by atoms with E-state index < -0.39 is 22.1 Å². The van der Waals surface area contributed by atoms with E-state index in [0.717, 1.165) is 69.1 Å². The third kappa shape index (κ3) is 5.03.